The minimum Gasteiger partial charge on any atom is -0.307 e. The molecular weight excluding hydrogens is 681 g/mol. The van der Waals surface area contributed by atoms with Crippen molar-refractivity contribution in [2.45, 2.75) is 27.7 Å². The van der Waals surface area contributed by atoms with Crippen molar-refractivity contribution in [3.8, 4) is 51.0 Å². The zero-order valence-electron chi connectivity index (χ0n) is 31.8. The number of nitriles is 1. The molecule has 0 fully saturated rings. The number of pyridine rings is 1. The lowest BCUT2D eigenvalue weighted by molar-refractivity contribution is 1.06. The average molecular weight is 719 g/mol. The van der Waals surface area contributed by atoms with Gasteiger partial charge >= 0.3 is 0 Å². The third-order valence-corrected chi connectivity index (χ3v) is 11.1. The number of hydrogen-bond donors (Lipinski definition) is 0. The predicted octanol–water partition coefficient (Wildman–Crippen LogP) is 13.4. The molecule has 0 aliphatic rings. The molecule has 0 saturated heterocycles. The predicted molar refractivity (Wildman–Crippen MR) is 233 cm³/mol. The van der Waals surface area contributed by atoms with Crippen LogP contribution < -0.4 is 0 Å². The van der Waals surface area contributed by atoms with Gasteiger partial charge in [0.15, 0.2) is 0 Å². The normalized spacial score (nSPS) is 11.6. The third kappa shape index (κ3) is 5.48. The Balaban J connectivity index is 1.22. The summed E-state index contributed by atoms with van der Waals surface area (Å²) in [6, 6.07) is 56.7. The molecule has 4 heteroatoms. The average Bonchev–Trinajstić information content (AvgIpc) is 3.72. The monoisotopic (exact) mass is 718 g/mol. The van der Waals surface area contributed by atoms with Gasteiger partial charge in [0.25, 0.3) is 0 Å². The molecule has 56 heavy (non-hydrogen) atoms. The topological polar surface area (TPSA) is 46.5 Å². The minimum atomic E-state index is 0.614. The first kappa shape index (κ1) is 33.4. The first-order chi connectivity index (χ1) is 27.3. The quantitative estimate of drug-likeness (QED) is 0.178. The standard InChI is InChI=1S/C52H38N4/c1-32-20-33(2)23-40(22-32)37-16-18-49-45(27-37)42-12-5-7-14-47(42)55(49)51-31-54-52(29-44(51)39-11-9-10-36(26-39)30-53)56-48-15-8-6-13-43(48)46-28-38(17-19-50(46)56)41-24-34(3)21-35(4)25-41/h5-29,31H,1-4H3. The van der Waals surface area contributed by atoms with Gasteiger partial charge in [-0.15, -0.1) is 0 Å². The second-order valence-corrected chi connectivity index (χ2v) is 15.2. The summed E-state index contributed by atoms with van der Waals surface area (Å²) >= 11 is 0. The van der Waals surface area contributed by atoms with Crippen LogP contribution in [0.15, 0.2) is 158 Å². The van der Waals surface area contributed by atoms with Gasteiger partial charge in [0.2, 0.25) is 0 Å². The summed E-state index contributed by atoms with van der Waals surface area (Å²) in [6.45, 7) is 8.62. The molecule has 3 heterocycles. The Morgan fingerprint density at radius 3 is 1.52 bits per heavy atom. The number of rotatable bonds is 5. The van der Waals surface area contributed by atoms with Gasteiger partial charge in [0, 0.05) is 27.1 Å². The number of aromatic nitrogens is 3. The van der Waals surface area contributed by atoms with Gasteiger partial charge in [-0.25, -0.2) is 4.98 Å². The second kappa shape index (κ2) is 13.0. The summed E-state index contributed by atoms with van der Waals surface area (Å²) in [4.78, 5) is 5.29. The molecular formula is C52H38N4. The first-order valence-electron chi connectivity index (χ1n) is 19.1. The van der Waals surface area contributed by atoms with Gasteiger partial charge < -0.3 is 4.57 Å². The highest BCUT2D eigenvalue weighted by atomic mass is 15.1. The van der Waals surface area contributed by atoms with E-state index in [1.807, 2.05) is 24.4 Å². The van der Waals surface area contributed by atoms with Crippen LogP contribution in [0, 0.1) is 39.0 Å². The minimum absolute atomic E-state index is 0.614. The maximum absolute atomic E-state index is 10.0. The Bertz CT molecular complexity index is 3220. The zero-order chi connectivity index (χ0) is 38.1. The number of benzene rings is 7. The van der Waals surface area contributed by atoms with Gasteiger partial charge in [0.1, 0.15) is 5.82 Å². The lowest BCUT2D eigenvalue weighted by Crippen LogP contribution is -2.03. The lowest BCUT2D eigenvalue weighted by Gasteiger charge is -2.17. The van der Waals surface area contributed by atoms with Crippen molar-refractivity contribution in [1.82, 2.24) is 14.1 Å². The van der Waals surface area contributed by atoms with Crippen molar-refractivity contribution in [1.29, 1.82) is 5.26 Å². The number of para-hydroxylation sites is 2. The maximum Gasteiger partial charge on any atom is 0.138 e. The Kier molecular flexibility index (Phi) is 7.73. The molecule has 0 unspecified atom stereocenters. The van der Waals surface area contributed by atoms with E-state index in [1.165, 1.54) is 66.1 Å². The van der Waals surface area contributed by atoms with Crippen LogP contribution in [0.3, 0.4) is 0 Å². The molecule has 0 amide bonds. The molecule has 3 aromatic heterocycles. The summed E-state index contributed by atoms with van der Waals surface area (Å²) in [5.41, 5.74) is 17.7. The van der Waals surface area contributed by atoms with Gasteiger partial charge in [0.05, 0.1) is 45.6 Å². The van der Waals surface area contributed by atoms with Crippen LogP contribution in [-0.4, -0.2) is 14.1 Å². The Hall–Kier alpha value is -7.22. The van der Waals surface area contributed by atoms with Crippen molar-refractivity contribution in [3.05, 3.63) is 186 Å². The summed E-state index contributed by atoms with van der Waals surface area (Å²) < 4.78 is 4.61. The molecule has 0 saturated carbocycles. The van der Waals surface area contributed by atoms with Crippen LogP contribution in [0.25, 0.3) is 88.5 Å². The van der Waals surface area contributed by atoms with Crippen molar-refractivity contribution in [3.63, 3.8) is 0 Å². The number of aryl methyl sites for hydroxylation is 4. The van der Waals surface area contributed by atoms with E-state index in [4.69, 9.17) is 4.98 Å². The van der Waals surface area contributed by atoms with Gasteiger partial charge in [-0.05, 0) is 110 Å². The summed E-state index contributed by atoms with van der Waals surface area (Å²) in [5, 5.41) is 14.7. The van der Waals surface area contributed by atoms with Crippen LogP contribution in [-0.2, 0) is 0 Å². The Labute approximate surface area is 326 Å². The van der Waals surface area contributed by atoms with Crippen LogP contribution in [0.4, 0.5) is 0 Å². The SMILES string of the molecule is Cc1cc(C)cc(-c2ccc3c(c2)c2ccccc2n3-c2cc(-c3cccc(C#N)c3)c(-n3c4ccccc4c4cc(-c5cc(C)cc(C)c5)ccc43)cn2)c1. The third-order valence-electron chi connectivity index (χ3n) is 11.1. The number of fused-ring (bicyclic) bond motifs is 6. The number of nitrogens with zero attached hydrogens (tertiary/aromatic N) is 4. The molecule has 10 aromatic rings. The fourth-order valence-electron chi connectivity index (χ4n) is 8.82. The molecule has 0 atom stereocenters. The molecule has 0 spiro atoms. The van der Waals surface area contributed by atoms with E-state index < -0.39 is 0 Å². The molecule has 4 nitrogen and oxygen atoms in total. The van der Waals surface area contributed by atoms with E-state index in [-0.39, 0.29) is 0 Å². The second-order valence-electron chi connectivity index (χ2n) is 15.2. The van der Waals surface area contributed by atoms with Crippen molar-refractivity contribution >= 4 is 43.6 Å². The maximum atomic E-state index is 10.0. The smallest absolute Gasteiger partial charge is 0.138 e. The van der Waals surface area contributed by atoms with Crippen LogP contribution in [0.5, 0.6) is 0 Å². The molecule has 0 bridgehead atoms. The summed E-state index contributed by atoms with van der Waals surface area (Å²) in [6.07, 6.45) is 2.01. The highest BCUT2D eigenvalue weighted by molar-refractivity contribution is 6.12. The number of hydrogen-bond acceptors (Lipinski definition) is 2. The van der Waals surface area contributed by atoms with Crippen LogP contribution in [0.1, 0.15) is 27.8 Å². The molecule has 10 rings (SSSR count). The van der Waals surface area contributed by atoms with E-state index in [1.54, 1.807) is 0 Å². The first-order valence-corrected chi connectivity index (χ1v) is 19.1. The molecule has 0 aliphatic heterocycles. The van der Waals surface area contributed by atoms with Crippen molar-refractivity contribution < 1.29 is 0 Å². The largest absolute Gasteiger partial charge is 0.307 e. The van der Waals surface area contributed by atoms with Crippen LogP contribution in [0.2, 0.25) is 0 Å². The van der Waals surface area contributed by atoms with E-state index in [9.17, 15) is 5.26 Å². The molecule has 7 aromatic carbocycles. The van der Waals surface area contributed by atoms with Gasteiger partial charge in [-0.2, -0.15) is 5.26 Å². The molecule has 266 valence electrons. The zero-order valence-corrected chi connectivity index (χ0v) is 31.8. The molecule has 0 radical (unpaired) electrons. The van der Waals surface area contributed by atoms with Crippen molar-refractivity contribution in [2.75, 3.05) is 0 Å². The molecule has 0 aliphatic carbocycles. The van der Waals surface area contributed by atoms with E-state index >= 15 is 0 Å². The highest BCUT2D eigenvalue weighted by Gasteiger charge is 2.20. The fraction of sp³-hybridized carbons (Fsp3) is 0.0769. The summed E-state index contributed by atoms with van der Waals surface area (Å²) in [7, 11) is 0. The molecule has 0 N–H and O–H groups in total. The van der Waals surface area contributed by atoms with E-state index in [2.05, 4.69) is 176 Å². The Morgan fingerprint density at radius 2 is 0.946 bits per heavy atom. The highest BCUT2D eigenvalue weighted by Crippen LogP contribution is 2.40. The summed E-state index contributed by atoms with van der Waals surface area (Å²) in [5.74, 6) is 0.814. The van der Waals surface area contributed by atoms with E-state index in [0.717, 1.165) is 44.7 Å². The van der Waals surface area contributed by atoms with Crippen molar-refractivity contribution in [2.24, 2.45) is 0 Å². The van der Waals surface area contributed by atoms with Gasteiger partial charge in [-0.1, -0.05) is 119 Å². The van der Waals surface area contributed by atoms with E-state index in [0.29, 0.717) is 5.56 Å². The van der Waals surface area contributed by atoms with Crippen LogP contribution >= 0.6 is 0 Å². The van der Waals surface area contributed by atoms with Gasteiger partial charge in [-0.3, -0.25) is 4.57 Å². The Morgan fingerprint density at radius 1 is 0.429 bits per heavy atom. The lowest BCUT2D eigenvalue weighted by atomic mass is 9.99. The fourth-order valence-corrected chi connectivity index (χ4v) is 8.82.